The second-order valence-corrected chi connectivity index (χ2v) is 4.88. The van der Waals surface area contributed by atoms with Crippen LogP contribution >= 0.6 is 0 Å². The molecule has 94 valence electrons. The molecule has 1 atom stereocenters. The third-order valence-corrected chi connectivity index (χ3v) is 3.19. The number of carbonyl (C=O) groups is 1. The number of aldehydes is 1. The van der Waals surface area contributed by atoms with Gasteiger partial charge >= 0.3 is 0 Å². The Morgan fingerprint density at radius 1 is 1.29 bits per heavy atom. The molecule has 1 aromatic carbocycles. The molecule has 0 saturated carbocycles. The first-order valence-electron chi connectivity index (χ1n) is 6.13. The van der Waals surface area contributed by atoms with Crippen molar-refractivity contribution in [2.45, 2.75) is 46.0 Å². The standard InChI is InChI=1S/C15H22O2/c1-10(2)14-13(11(3)8-9-16)7-6-12(4)15(14)17-5/h6-7,9-11H,8H2,1-5H3. The minimum absolute atomic E-state index is 0.249. The maximum absolute atomic E-state index is 10.7. The molecular weight excluding hydrogens is 212 g/mol. The lowest BCUT2D eigenvalue weighted by Crippen LogP contribution is -2.05. The van der Waals surface area contributed by atoms with Gasteiger partial charge in [-0.2, -0.15) is 0 Å². The van der Waals surface area contributed by atoms with Crippen LogP contribution in [0.15, 0.2) is 12.1 Å². The fourth-order valence-electron chi connectivity index (χ4n) is 2.29. The molecule has 0 N–H and O–H groups in total. The first-order valence-corrected chi connectivity index (χ1v) is 6.13. The molecule has 2 heteroatoms. The average molecular weight is 234 g/mol. The van der Waals surface area contributed by atoms with Crippen LogP contribution in [-0.4, -0.2) is 13.4 Å². The van der Waals surface area contributed by atoms with E-state index < -0.39 is 0 Å². The Morgan fingerprint density at radius 3 is 2.41 bits per heavy atom. The van der Waals surface area contributed by atoms with E-state index in [0.29, 0.717) is 12.3 Å². The summed E-state index contributed by atoms with van der Waals surface area (Å²) in [5, 5.41) is 0. The molecule has 1 rings (SSSR count). The number of rotatable bonds is 5. The summed E-state index contributed by atoms with van der Waals surface area (Å²) >= 11 is 0. The van der Waals surface area contributed by atoms with Crippen molar-refractivity contribution >= 4 is 6.29 Å². The third kappa shape index (κ3) is 2.87. The van der Waals surface area contributed by atoms with Crippen molar-refractivity contribution in [3.8, 4) is 5.75 Å². The number of hydrogen-bond donors (Lipinski definition) is 0. The minimum atomic E-state index is 0.249. The Hall–Kier alpha value is -1.31. The molecule has 0 radical (unpaired) electrons. The molecule has 0 aliphatic carbocycles. The van der Waals surface area contributed by atoms with Gasteiger partial charge in [-0.05, 0) is 29.9 Å². The van der Waals surface area contributed by atoms with E-state index in [0.717, 1.165) is 17.6 Å². The van der Waals surface area contributed by atoms with Gasteiger partial charge in [0.05, 0.1) is 7.11 Å². The van der Waals surface area contributed by atoms with Gasteiger partial charge in [-0.15, -0.1) is 0 Å². The summed E-state index contributed by atoms with van der Waals surface area (Å²) in [5.41, 5.74) is 3.62. The summed E-state index contributed by atoms with van der Waals surface area (Å²) in [4.78, 5) is 10.7. The van der Waals surface area contributed by atoms with Gasteiger partial charge in [0.15, 0.2) is 0 Å². The van der Waals surface area contributed by atoms with Crippen LogP contribution in [0.5, 0.6) is 5.75 Å². The first kappa shape index (κ1) is 13.8. The zero-order valence-electron chi connectivity index (χ0n) is 11.4. The number of methoxy groups -OCH3 is 1. The van der Waals surface area contributed by atoms with Crippen LogP contribution < -0.4 is 4.74 Å². The van der Waals surface area contributed by atoms with Gasteiger partial charge in [0.2, 0.25) is 0 Å². The van der Waals surface area contributed by atoms with E-state index in [-0.39, 0.29) is 5.92 Å². The molecule has 1 aromatic rings. The van der Waals surface area contributed by atoms with Crippen molar-refractivity contribution < 1.29 is 9.53 Å². The van der Waals surface area contributed by atoms with E-state index in [1.165, 1.54) is 11.1 Å². The fourth-order valence-corrected chi connectivity index (χ4v) is 2.29. The summed E-state index contributed by atoms with van der Waals surface area (Å²) in [6, 6.07) is 4.20. The molecule has 17 heavy (non-hydrogen) atoms. The Labute approximate surface area is 104 Å². The predicted octanol–water partition coefficient (Wildman–Crippen LogP) is 3.82. The molecule has 2 nitrogen and oxygen atoms in total. The first-order chi connectivity index (χ1) is 8.02. The van der Waals surface area contributed by atoms with E-state index in [4.69, 9.17) is 4.74 Å². The predicted molar refractivity (Wildman–Crippen MR) is 70.9 cm³/mol. The van der Waals surface area contributed by atoms with Crippen LogP contribution in [0.3, 0.4) is 0 Å². The number of ether oxygens (including phenoxy) is 1. The smallest absolute Gasteiger partial charge is 0.125 e. The number of aryl methyl sites for hydroxylation is 1. The highest BCUT2D eigenvalue weighted by Gasteiger charge is 2.18. The lowest BCUT2D eigenvalue weighted by molar-refractivity contribution is -0.108. The Balaban J connectivity index is 3.34. The Kier molecular flexibility index (Phi) is 4.73. The SMILES string of the molecule is COc1c(C)ccc(C(C)CC=O)c1C(C)C. The Morgan fingerprint density at radius 2 is 1.94 bits per heavy atom. The van der Waals surface area contributed by atoms with Gasteiger partial charge in [0, 0.05) is 12.0 Å². The molecule has 0 heterocycles. The maximum atomic E-state index is 10.7. The van der Waals surface area contributed by atoms with Crippen LogP contribution in [0.2, 0.25) is 0 Å². The number of benzene rings is 1. The van der Waals surface area contributed by atoms with Crippen LogP contribution in [0.4, 0.5) is 0 Å². The van der Waals surface area contributed by atoms with Gasteiger partial charge in [0.1, 0.15) is 12.0 Å². The highest BCUT2D eigenvalue weighted by molar-refractivity contribution is 5.54. The van der Waals surface area contributed by atoms with Crippen molar-refractivity contribution in [2.24, 2.45) is 0 Å². The van der Waals surface area contributed by atoms with Crippen LogP contribution in [-0.2, 0) is 4.79 Å². The monoisotopic (exact) mass is 234 g/mol. The van der Waals surface area contributed by atoms with E-state index in [2.05, 4.69) is 39.8 Å². The van der Waals surface area contributed by atoms with E-state index in [1.807, 2.05) is 0 Å². The second kappa shape index (κ2) is 5.85. The lowest BCUT2D eigenvalue weighted by Gasteiger charge is -2.22. The fraction of sp³-hybridized carbons (Fsp3) is 0.533. The van der Waals surface area contributed by atoms with Crippen molar-refractivity contribution in [2.75, 3.05) is 7.11 Å². The number of carbonyl (C=O) groups excluding carboxylic acids is 1. The average Bonchev–Trinajstić information content (AvgIpc) is 2.28. The largest absolute Gasteiger partial charge is 0.496 e. The highest BCUT2D eigenvalue weighted by atomic mass is 16.5. The lowest BCUT2D eigenvalue weighted by atomic mass is 9.86. The zero-order chi connectivity index (χ0) is 13.0. The molecule has 0 saturated heterocycles. The van der Waals surface area contributed by atoms with Gasteiger partial charge in [-0.25, -0.2) is 0 Å². The van der Waals surface area contributed by atoms with Gasteiger partial charge in [0.25, 0.3) is 0 Å². The summed E-state index contributed by atoms with van der Waals surface area (Å²) < 4.78 is 5.52. The molecule has 0 amide bonds. The normalized spacial score (nSPS) is 12.6. The maximum Gasteiger partial charge on any atom is 0.125 e. The topological polar surface area (TPSA) is 26.3 Å². The zero-order valence-corrected chi connectivity index (χ0v) is 11.4. The molecule has 0 spiro atoms. The van der Waals surface area contributed by atoms with Crippen molar-refractivity contribution in [3.05, 3.63) is 28.8 Å². The molecule has 0 aromatic heterocycles. The molecule has 0 bridgehead atoms. The highest BCUT2D eigenvalue weighted by Crippen LogP contribution is 2.37. The van der Waals surface area contributed by atoms with Gasteiger partial charge < -0.3 is 9.53 Å². The summed E-state index contributed by atoms with van der Waals surface area (Å²) in [6.07, 6.45) is 1.55. The second-order valence-electron chi connectivity index (χ2n) is 4.88. The van der Waals surface area contributed by atoms with Crippen LogP contribution in [0.1, 0.15) is 55.7 Å². The molecule has 0 aliphatic rings. The van der Waals surface area contributed by atoms with Crippen molar-refractivity contribution in [1.29, 1.82) is 0 Å². The summed E-state index contributed by atoms with van der Waals surface area (Å²) in [7, 11) is 1.71. The van der Waals surface area contributed by atoms with Crippen molar-refractivity contribution in [3.63, 3.8) is 0 Å². The summed E-state index contributed by atoms with van der Waals surface area (Å²) in [6.45, 7) is 8.46. The molecular formula is C15H22O2. The van der Waals surface area contributed by atoms with Crippen LogP contribution in [0.25, 0.3) is 0 Å². The summed E-state index contributed by atoms with van der Waals surface area (Å²) in [5.74, 6) is 1.61. The van der Waals surface area contributed by atoms with Crippen molar-refractivity contribution in [1.82, 2.24) is 0 Å². The molecule has 0 aliphatic heterocycles. The van der Waals surface area contributed by atoms with Gasteiger partial charge in [-0.3, -0.25) is 0 Å². The Bertz CT molecular complexity index is 394. The third-order valence-electron chi connectivity index (χ3n) is 3.19. The van der Waals surface area contributed by atoms with E-state index in [9.17, 15) is 4.79 Å². The van der Waals surface area contributed by atoms with E-state index >= 15 is 0 Å². The number of hydrogen-bond acceptors (Lipinski definition) is 2. The molecule has 1 unspecified atom stereocenters. The molecule has 0 fully saturated rings. The van der Waals surface area contributed by atoms with E-state index in [1.54, 1.807) is 7.11 Å². The van der Waals surface area contributed by atoms with Crippen LogP contribution in [0, 0.1) is 6.92 Å². The minimum Gasteiger partial charge on any atom is -0.496 e. The quantitative estimate of drug-likeness (QED) is 0.724. The van der Waals surface area contributed by atoms with Gasteiger partial charge in [-0.1, -0.05) is 32.9 Å².